The van der Waals surface area contributed by atoms with Crippen LogP contribution in [0.15, 0.2) is 84.2 Å². The van der Waals surface area contributed by atoms with E-state index in [-0.39, 0.29) is 5.56 Å². The standard InChI is InChI=1S/C25H26N4O2/c1-28-24-5-4-23(17-22(24)3-6-25(28)30)31-16-2-15-29(18-20-7-11-26-12-8-20)19-21-9-13-27-14-10-21/h3-14,17H,2,15-16,18-19H2,1H3. The van der Waals surface area contributed by atoms with E-state index in [1.54, 1.807) is 17.7 Å². The van der Waals surface area contributed by atoms with E-state index in [2.05, 4.69) is 39.1 Å². The summed E-state index contributed by atoms with van der Waals surface area (Å²) >= 11 is 0. The van der Waals surface area contributed by atoms with Crippen LogP contribution in [0, 0.1) is 0 Å². The number of hydrogen-bond acceptors (Lipinski definition) is 5. The molecular formula is C25H26N4O2. The largest absolute Gasteiger partial charge is 0.494 e. The van der Waals surface area contributed by atoms with Crippen LogP contribution < -0.4 is 10.3 Å². The first kappa shape index (κ1) is 20.8. The molecule has 3 heterocycles. The van der Waals surface area contributed by atoms with E-state index in [0.29, 0.717) is 6.61 Å². The molecule has 6 nitrogen and oxygen atoms in total. The number of nitrogens with zero attached hydrogens (tertiary/aromatic N) is 4. The fourth-order valence-corrected chi connectivity index (χ4v) is 3.64. The Balaban J connectivity index is 1.36. The van der Waals surface area contributed by atoms with E-state index < -0.39 is 0 Å². The summed E-state index contributed by atoms with van der Waals surface area (Å²) < 4.78 is 7.65. The van der Waals surface area contributed by atoms with Gasteiger partial charge in [0.05, 0.1) is 12.1 Å². The molecule has 0 spiro atoms. The first-order valence-electron chi connectivity index (χ1n) is 10.4. The number of benzene rings is 1. The zero-order valence-electron chi connectivity index (χ0n) is 17.6. The molecule has 4 aromatic rings. The zero-order chi connectivity index (χ0) is 21.5. The highest BCUT2D eigenvalue weighted by atomic mass is 16.5. The summed E-state index contributed by atoms with van der Waals surface area (Å²) in [5.74, 6) is 0.820. The Bertz CT molecular complexity index is 1130. The van der Waals surface area contributed by atoms with Gasteiger partial charge in [0, 0.05) is 62.9 Å². The number of fused-ring (bicyclic) bond motifs is 1. The summed E-state index contributed by atoms with van der Waals surface area (Å²) in [6.45, 7) is 3.25. The third kappa shape index (κ3) is 5.55. The second-order valence-corrected chi connectivity index (χ2v) is 7.57. The lowest BCUT2D eigenvalue weighted by Crippen LogP contribution is -2.25. The van der Waals surface area contributed by atoms with Gasteiger partial charge in [0.2, 0.25) is 0 Å². The normalized spacial score (nSPS) is 11.2. The van der Waals surface area contributed by atoms with Crippen molar-refractivity contribution in [2.24, 2.45) is 7.05 Å². The van der Waals surface area contributed by atoms with Crippen LogP contribution in [-0.4, -0.2) is 32.6 Å². The highest BCUT2D eigenvalue weighted by Gasteiger charge is 2.08. The molecule has 0 unspecified atom stereocenters. The molecule has 0 amide bonds. The van der Waals surface area contributed by atoms with Gasteiger partial charge in [-0.05, 0) is 66.1 Å². The van der Waals surface area contributed by atoms with Crippen LogP contribution in [0.1, 0.15) is 17.5 Å². The van der Waals surface area contributed by atoms with Gasteiger partial charge in [0.1, 0.15) is 5.75 Å². The molecule has 0 fully saturated rings. The van der Waals surface area contributed by atoms with E-state index >= 15 is 0 Å². The summed E-state index contributed by atoms with van der Waals surface area (Å²) in [7, 11) is 1.78. The Hall–Kier alpha value is -3.51. The second-order valence-electron chi connectivity index (χ2n) is 7.57. The molecule has 0 aliphatic heterocycles. The third-order valence-electron chi connectivity index (χ3n) is 5.29. The Morgan fingerprint density at radius 2 is 1.52 bits per heavy atom. The van der Waals surface area contributed by atoms with Crippen LogP contribution in [0.2, 0.25) is 0 Å². The van der Waals surface area contributed by atoms with Crippen molar-refractivity contribution in [3.05, 3.63) is 101 Å². The van der Waals surface area contributed by atoms with Gasteiger partial charge in [-0.3, -0.25) is 19.7 Å². The molecule has 0 aliphatic rings. The number of ether oxygens (including phenoxy) is 1. The SMILES string of the molecule is Cn1c(=O)ccc2cc(OCCCN(Cc3ccncc3)Cc3ccncc3)ccc21. The van der Waals surface area contributed by atoms with Crippen molar-refractivity contribution in [3.63, 3.8) is 0 Å². The minimum Gasteiger partial charge on any atom is -0.494 e. The van der Waals surface area contributed by atoms with Gasteiger partial charge in [-0.2, -0.15) is 0 Å². The predicted molar refractivity (Wildman–Crippen MR) is 122 cm³/mol. The van der Waals surface area contributed by atoms with Crippen molar-refractivity contribution in [1.82, 2.24) is 19.4 Å². The first-order chi connectivity index (χ1) is 15.2. The minimum atomic E-state index is -0.00958. The van der Waals surface area contributed by atoms with Crippen molar-refractivity contribution >= 4 is 10.9 Å². The Kier molecular flexibility index (Phi) is 6.69. The van der Waals surface area contributed by atoms with Crippen LogP contribution in [0.25, 0.3) is 10.9 Å². The molecule has 6 heteroatoms. The maximum atomic E-state index is 11.8. The van der Waals surface area contributed by atoms with Crippen LogP contribution in [0.4, 0.5) is 0 Å². The topological polar surface area (TPSA) is 60.2 Å². The van der Waals surface area contributed by atoms with Gasteiger partial charge in [-0.15, -0.1) is 0 Å². The van der Waals surface area contributed by atoms with Crippen LogP contribution >= 0.6 is 0 Å². The number of aromatic nitrogens is 3. The molecule has 31 heavy (non-hydrogen) atoms. The van der Waals surface area contributed by atoms with Crippen LogP contribution in [-0.2, 0) is 20.1 Å². The fourth-order valence-electron chi connectivity index (χ4n) is 3.64. The van der Waals surface area contributed by atoms with Gasteiger partial charge in [0.15, 0.2) is 0 Å². The molecule has 0 N–H and O–H groups in total. The molecule has 0 aliphatic carbocycles. The molecule has 0 atom stereocenters. The molecular weight excluding hydrogens is 388 g/mol. The zero-order valence-corrected chi connectivity index (χ0v) is 17.6. The molecule has 0 bridgehead atoms. The van der Waals surface area contributed by atoms with E-state index in [9.17, 15) is 4.79 Å². The molecule has 0 saturated heterocycles. The summed E-state index contributed by atoms with van der Waals surface area (Å²) in [5.41, 5.74) is 3.38. The number of rotatable bonds is 9. The smallest absolute Gasteiger partial charge is 0.250 e. The third-order valence-corrected chi connectivity index (χ3v) is 5.29. The number of pyridine rings is 3. The van der Waals surface area contributed by atoms with Gasteiger partial charge in [-0.1, -0.05) is 0 Å². The van der Waals surface area contributed by atoms with E-state index in [1.165, 1.54) is 11.1 Å². The highest BCUT2D eigenvalue weighted by molar-refractivity contribution is 5.80. The van der Waals surface area contributed by atoms with Crippen molar-refractivity contribution in [1.29, 1.82) is 0 Å². The van der Waals surface area contributed by atoms with E-state index in [4.69, 9.17) is 4.74 Å². The van der Waals surface area contributed by atoms with Crippen molar-refractivity contribution < 1.29 is 4.74 Å². The summed E-state index contributed by atoms with van der Waals surface area (Å²) in [6, 6.07) is 17.5. The first-order valence-corrected chi connectivity index (χ1v) is 10.4. The maximum Gasteiger partial charge on any atom is 0.250 e. The number of hydrogen-bond donors (Lipinski definition) is 0. The average molecular weight is 415 g/mol. The monoisotopic (exact) mass is 414 g/mol. The van der Waals surface area contributed by atoms with Crippen molar-refractivity contribution in [2.45, 2.75) is 19.5 Å². The minimum absolute atomic E-state index is 0.00958. The van der Waals surface area contributed by atoms with E-state index in [0.717, 1.165) is 42.7 Å². The Labute approximate surface area is 181 Å². The van der Waals surface area contributed by atoms with Gasteiger partial charge in [0.25, 0.3) is 5.56 Å². The molecule has 0 radical (unpaired) electrons. The van der Waals surface area contributed by atoms with Crippen molar-refractivity contribution in [2.75, 3.05) is 13.2 Å². The van der Waals surface area contributed by atoms with Crippen LogP contribution in [0.3, 0.4) is 0 Å². The average Bonchev–Trinajstić information content (AvgIpc) is 2.80. The van der Waals surface area contributed by atoms with Crippen LogP contribution in [0.5, 0.6) is 5.75 Å². The molecule has 158 valence electrons. The second kappa shape index (κ2) is 10.00. The lowest BCUT2D eigenvalue weighted by Gasteiger charge is -2.22. The molecule has 0 saturated carbocycles. The Morgan fingerprint density at radius 1 is 0.871 bits per heavy atom. The highest BCUT2D eigenvalue weighted by Crippen LogP contribution is 2.19. The Morgan fingerprint density at radius 3 is 2.16 bits per heavy atom. The quantitative estimate of drug-likeness (QED) is 0.390. The fraction of sp³-hybridized carbons (Fsp3) is 0.240. The maximum absolute atomic E-state index is 11.8. The summed E-state index contributed by atoms with van der Waals surface area (Å²) in [5, 5.41) is 0.997. The predicted octanol–water partition coefficient (Wildman–Crippen LogP) is 3.80. The molecule has 3 aromatic heterocycles. The van der Waals surface area contributed by atoms with Gasteiger partial charge >= 0.3 is 0 Å². The van der Waals surface area contributed by atoms with Gasteiger partial charge < -0.3 is 9.30 Å². The summed E-state index contributed by atoms with van der Waals surface area (Å²) in [6.07, 6.45) is 8.23. The molecule has 4 rings (SSSR count). The number of aryl methyl sites for hydroxylation is 1. The van der Waals surface area contributed by atoms with Gasteiger partial charge in [-0.25, -0.2) is 0 Å². The molecule has 1 aromatic carbocycles. The summed E-state index contributed by atoms with van der Waals surface area (Å²) in [4.78, 5) is 22.4. The van der Waals surface area contributed by atoms with Crippen molar-refractivity contribution in [3.8, 4) is 5.75 Å². The lowest BCUT2D eigenvalue weighted by molar-refractivity contribution is 0.221. The lowest BCUT2D eigenvalue weighted by atomic mass is 10.2. The van der Waals surface area contributed by atoms with E-state index in [1.807, 2.05) is 49.1 Å².